The van der Waals surface area contributed by atoms with E-state index in [9.17, 15) is 14.0 Å². The lowest BCUT2D eigenvalue weighted by molar-refractivity contribution is 0.0625. The lowest BCUT2D eigenvalue weighted by atomic mass is 10.1. The van der Waals surface area contributed by atoms with Gasteiger partial charge in [0.25, 0.3) is 0 Å². The first-order valence-corrected chi connectivity index (χ1v) is 6.73. The van der Waals surface area contributed by atoms with E-state index in [0.29, 0.717) is 11.1 Å². The van der Waals surface area contributed by atoms with Crippen LogP contribution in [-0.4, -0.2) is 11.8 Å². The van der Waals surface area contributed by atoms with Gasteiger partial charge in [-0.2, -0.15) is 0 Å². The number of carbonyl (C=O) groups is 2. The molecule has 0 aliphatic heterocycles. The number of rotatable bonds is 4. The van der Waals surface area contributed by atoms with Gasteiger partial charge in [0.15, 0.2) is 5.78 Å². The molecule has 0 aliphatic carbocycles. The largest absolute Gasteiger partial charge is 0.428 e. The van der Waals surface area contributed by atoms with Gasteiger partial charge < -0.3 is 4.74 Å². The molecule has 2 aromatic carbocycles. The maximum Gasteiger partial charge on any atom is 0.343 e. The summed E-state index contributed by atoms with van der Waals surface area (Å²) < 4.78 is 17.9. The van der Waals surface area contributed by atoms with Gasteiger partial charge in [0.1, 0.15) is 11.6 Å². The van der Waals surface area contributed by atoms with Gasteiger partial charge in [-0.3, -0.25) is 4.79 Å². The number of carbonyl (C=O) groups excluding carboxylic acids is 2. The topological polar surface area (TPSA) is 43.4 Å². The number of aryl methyl sites for hydroxylation is 1. The standard InChI is InChI=1S/C18H15FO3/c1-12-3-5-15(6-4-12)18(21)22-13(2)11-17(20)14-7-9-16(19)10-8-14/h3-11H,1-2H3/b13-11+. The van der Waals surface area contributed by atoms with Gasteiger partial charge in [-0.1, -0.05) is 17.7 Å². The maximum atomic E-state index is 12.8. The molecule has 2 aromatic rings. The Hall–Kier alpha value is -2.75. The smallest absolute Gasteiger partial charge is 0.343 e. The van der Waals surface area contributed by atoms with Crippen LogP contribution in [0.5, 0.6) is 0 Å². The van der Waals surface area contributed by atoms with E-state index < -0.39 is 11.8 Å². The molecule has 3 nitrogen and oxygen atoms in total. The molecule has 0 heterocycles. The zero-order valence-corrected chi connectivity index (χ0v) is 12.3. The number of ketones is 1. The van der Waals surface area contributed by atoms with Crippen molar-refractivity contribution in [2.75, 3.05) is 0 Å². The summed E-state index contributed by atoms with van der Waals surface area (Å²) in [7, 11) is 0. The molecule has 0 amide bonds. The summed E-state index contributed by atoms with van der Waals surface area (Å²) in [6.07, 6.45) is 1.21. The second kappa shape index (κ2) is 6.80. The van der Waals surface area contributed by atoms with E-state index in [-0.39, 0.29) is 11.5 Å². The van der Waals surface area contributed by atoms with Crippen LogP contribution in [0.25, 0.3) is 0 Å². The molecule has 0 bridgehead atoms. The summed E-state index contributed by atoms with van der Waals surface area (Å²) in [6, 6.07) is 12.1. The van der Waals surface area contributed by atoms with Crippen molar-refractivity contribution in [3.05, 3.63) is 82.9 Å². The summed E-state index contributed by atoms with van der Waals surface area (Å²) in [5.74, 6) is -1.11. The van der Waals surface area contributed by atoms with Crippen molar-refractivity contribution in [3.63, 3.8) is 0 Å². The number of ether oxygens (including phenoxy) is 1. The molecule has 0 radical (unpaired) electrons. The monoisotopic (exact) mass is 298 g/mol. The molecule has 0 spiro atoms. The van der Waals surface area contributed by atoms with Crippen molar-refractivity contribution in [1.82, 2.24) is 0 Å². The Kier molecular flexibility index (Phi) is 4.84. The first-order chi connectivity index (χ1) is 10.5. The summed E-state index contributed by atoms with van der Waals surface area (Å²) in [5, 5.41) is 0. The summed E-state index contributed by atoms with van der Waals surface area (Å²) in [5.41, 5.74) is 1.77. The normalized spacial score (nSPS) is 11.1. The van der Waals surface area contributed by atoms with E-state index in [1.807, 2.05) is 6.92 Å². The molecule has 0 N–H and O–H groups in total. The summed E-state index contributed by atoms with van der Waals surface area (Å²) in [6.45, 7) is 3.44. The Morgan fingerprint density at radius 3 is 2.09 bits per heavy atom. The highest BCUT2D eigenvalue weighted by molar-refractivity contribution is 6.05. The van der Waals surface area contributed by atoms with Crippen molar-refractivity contribution in [1.29, 1.82) is 0 Å². The van der Waals surface area contributed by atoms with Crippen LogP contribution in [0.1, 0.15) is 33.2 Å². The molecular formula is C18H15FO3. The second-order valence-corrected chi connectivity index (χ2v) is 4.88. The number of hydrogen-bond donors (Lipinski definition) is 0. The van der Waals surface area contributed by atoms with Gasteiger partial charge in [0, 0.05) is 11.6 Å². The second-order valence-electron chi connectivity index (χ2n) is 4.88. The molecule has 0 saturated carbocycles. The van der Waals surface area contributed by atoms with Gasteiger partial charge in [0.05, 0.1) is 5.56 Å². The minimum Gasteiger partial charge on any atom is -0.428 e. The van der Waals surface area contributed by atoms with Crippen molar-refractivity contribution in [2.45, 2.75) is 13.8 Å². The molecule has 112 valence electrons. The van der Waals surface area contributed by atoms with Crippen molar-refractivity contribution in [3.8, 4) is 0 Å². The van der Waals surface area contributed by atoms with E-state index in [1.54, 1.807) is 24.3 Å². The first-order valence-electron chi connectivity index (χ1n) is 6.73. The van der Waals surface area contributed by atoms with Crippen LogP contribution in [0.3, 0.4) is 0 Å². The predicted molar refractivity (Wildman–Crippen MR) is 81.1 cm³/mol. The van der Waals surface area contributed by atoms with Gasteiger partial charge in [-0.05, 0) is 50.2 Å². The van der Waals surface area contributed by atoms with E-state index in [0.717, 1.165) is 5.56 Å². The first kappa shape index (κ1) is 15.6. The molecular weight excluding hydrogens is 283 g/mol. The van der Waals surface area contributed by atoms with E-state index >= 15 is 0 Å². The number of halogens is 1. The van der Waals surface area contributed by atoms with Crippen LogP contribution < -0.4 is 0 Å². The Balaban J connectivity index is 2.05. The third-order valence-electron chi connectivity index (χ3n) is 3.00. The minimum atomic E-state index is -0.527. The molecule has 0 saturated heterocycles. The highest BCUT2D eigenvalue weighted by atomic mass is 19.1. The fourth-order valence-corrected chi connectivity index (χ4v) is 1.81. The van der Waals surface area contributed by atoms with Gasteiger partial charge in [-0.15, -0.1) is 0 Å². The Bertz CT molecular complexity index is 713. The third-order valence-corrected chi connectivity index (χ3v) is 3.00. The van der Waals surface area contributed by atoms with Crippen LogP contribution in [0.15, 0.2) is 60.4 Å². The Morgan fingerprint density at radius 1 is 0.955 bits per heavy atom. The number of esters is 1. The zero-order valence-electron chi connectivity index (χ0n) is 12.3. The van der Waals surface area contributed by atoms with Crippen LogP contribution >= 0.6 is 0 Å². The molecule has 0 atom stereocenters. The average molecular weight is 298 g/mol. The third kappa shape index (κ3) is 4.12. The minimum absolute atomic E-state index is 0.180. The molecule has 0 fully saturated rings. The maximum absolute atomic E-state index is 12.8. The van der Waals surface area contributed by atoms with Gasteiger partial charge in [-0.25, -0.2) is 9.18 Å². The molecule has 0 aliphatic rings. The molecule has 22 heavy (non-hydrogen) atoms. The van der Waals surface area contributed by atoms with Crippen molar-refractivity contribution >= 4 is 11.8 Å². The van der Waals surface area contributed by atoms with Crippen LogP contribution in [-0.2, 0) is 4.74 Å². The number of hydrogen-bond acceptors (Lipinski definition) is 3. The SMILES string of the molecule is C/C(=C\C(=O)c1ccc(F)cc1)OC(=O)c1ccc(C)cc1. The van der Waals surface area contributed by atoms with E-state index in [2.05, 4.69) is 0 Å². The number of benzene rings is 2. The van der Waals surface area contributed by atoms with Crippen LogP contribution in [0.4, 0.5) is 4.39 Å². The van der Waals surface area contributed by atoms with Gasteiger partial charge >= 0.3 is 5.97 Å². The Labute approximate surface area is 128 Å². The number of allylic oxidation sites excluding steroid dienone is 2. The van der Waals surface area contributed by atoms with E-state index in [1.165, 1.54) is 37.3 Å². The summed E-state index contributed by atoms with van der Waals surface area (Å²) >= 11 is 0. The highest BCUT2D eigenvalue weighted by Crippen LogP contribution is 2.10. The zero-order chi connectivity index (χ0) is 16.1. The summed E-state index contributed by atoms with van der Waals surface area (Å²) in [4.78, 5) is 23.8. The van der Waals surface area contributed by atoms with Crippen LogP contribution in [0.2, 0.25) is 0 Å². The molecule has 2 rings (SSSR count). The highest BCUT2D eigenvalue weighted by Gasteiger charge is 2.09. The quantitative estimate of drug-likeness (QED) is 0.370. The average Bonchev–Trinajstić information content (AvgIpc) is 2.48. The van der Waals surface area contributed by atoms with Crippen molar-refractivity contribution < 1.29 is 18.7 Å². The van der Waals surface area contributed by atoms with E-state index in [4.69, 9.17) is 4.74 Å². The molecule has 4 heteroatoms. The molecule has 0 aromatic heterocycles. The van der Waals surface area contributed by atoms with Gasteiger partial charge in [0.2, 0.25) is 0 Å². The molecule has 0 unspecified atom stereocenters. The van der Waals surface area contributed by atoms with Crippen LogP contribution in [0, 0.1) is 12.7 Å². The lowest BCUT2D eigenvalue weighted by Crippen LogP contribution is -2.05. The fraction of sp³-hybridized carbons (Fsp3) is 0.111. The van der Waals surface area contributed by atoms with Crippen molar-refractivity contribution in [2.24, 2.45) is 0 Å². The predicted octanol–water partition coefficient (Wildman–Crippen LogP) is 4.08. The fourth-order valence-electron chi connectivity index (χ4n) is 1.81. The lowest BCUT2D eigenvalue weighted by Gasteiger charge is -2.05. The Morgan fingerprint density at radius 2 is 1.50 bits per heavy atom.